The van der Waals surface area contributed by atoms with Gasteiger partial charge in [-0.15, -0.1) is 0 Å². The van der Waals surface area contributed by atoms with Gasteiger partial charge in [-0.25, -0.2) is 4.98 Å². The first-order valence-electron chi connectivity index (χ1n) is 7.21. The summed E-state index contributed by atoms with van der Waals surface area (Å²) in [4.78, 5) is 14.9. The Morgan fingerprint density at radius 1 is 1.29 bits per heavy atom. The van der Waals surface area contributed by atoms with Crippen molar-refractivity contribution in [1.29, 1.82) is 0 Å². The molecule has 1 aliphatic carbocycles. The summed E-state index contributed by atoms with van der Waals surface area (Å²) < 4.78 is 0. The molecule has 3 N–H and O–H groups in total. The Bertz CT molecular complexity index is 674. The van der Waals surface area contributed by atoms with Crippen LogP contribution in [0.4, 0.5) is 11.4 Å². The average molecular weight is 286 g/mol. The van der Waals surface area contributed by atoms with Crippen molar-refractivity contribution in [3.05, 3.63) is 40.6 Å². The number of nitrogens with zero attached hydrogens (tertiary/aromatic N) is 2. The highest BCUT2D eigenvalue weighted by Crippen LogP contribution is 2.31. The summed E-state index contributed by atoms with van der Waals surface area (Å²) in [5, 5.41) is 15.3. The number of hydrogen-bond acceptors (Lipinski definition) is 5. The Morgan fingerprint density at radius 2 is 2.10 bits per heavy atom. The van der Waals surface area contributed by atoms with Gasteiger partial charge in [0.1, 0.15) is 5.52 Å². The second kappa shape index (κ2) is 5.65. The van der Waals surface area contributed by atoms with Crippen molar-refractivity contribution in [2.45, 2.75) is 37.8 Å². The molecular weight excluding hydrogens is 268 g/mol. The fourth-order valence-electron chi connectivity index (χ4n) is 2.97. The summed E-state index contributed by atoms with van der Waals surface area (Å²) in [5.41, 5.74) is 7.47. The zero-order valence-electron chi connectivity index (χ0n) is 11.7. The van der Waals surface area contributed by atoms with E-state index in [0.29, 0.717) is 5.52 Å². The summed E-state index contributed by atoms with van der Waals surface area (Å²) in [6.45, 7) is 0. The third-order valence-electron chi connectivity index (χ3n) is 4.11. The van der Waals surface area contributed by atoms with Crippen molar-refractivity contribution in [3.63, 3.8) is 0 Å². The van der Waals surface area contributed by atoms with Crippen LogP contribution in [-0.4, -0.2) is 22.0 Å². The van der Waals surface area contributed by atoms with Crippen LogP contribution in [0.1, 0.15) is 25.7 Å². The molecule has 1 fully saturated rings. The van der Waals surface area contributed by atoms with Crippen LogP contribution >= 0.6 is 0 Å². The van der Waals surface area contributed by atoms with Gasteiger partial charge in [0, 0.05) is 35.4 Å². The van der Waals surface area contributed by atoms with Crippen molar-refractivity contribution in [1.82, 2.24) is 4.98 Å². The number of nitrogens with two attached hydrogens (primary N) is 1. The van der Waals surface area contributed by atoms with E-state index in [-0.39, 0.29) is 17.8 Å². The van der Waals surface area contributed by atoms with Gasteiger partial charge in [0.15, 0.2) is 0 Å². The first kappa shape index (κ1) is 13.8. The molecule has 6 nitrogen and oxygen atoms in total. The third-order valence-corrected chi connectivity index (χ3v) is 4.11. The molecule has 1 aromatic carbocycles. The zero-order valence-corrected chi connectivity index (χ0v) is 11.7. The Morgan fingerprint density at radius 3 is 2.86 bits per heavy atom. The quantitative estimate of drug-likeness (QED) is 0.668. The van der Waals surface area contributed by atoms with E-state index in [2.05, 4.69) is 10.3 Å². The molecule has 0 spiro atoms. The Labute approximate surface area is 122 Å². The van der Waals surface area contributed by atoms with Crippen LogP contribution in [0.5, 0.6) is 0 Å². The van der Waals surface area contributed by atoms with Crippen LogP contribution in [0, 0.1) is 10.1 Å². The number of aromatic nitrogens is 1. The summed E-state index contributed by atoms with van der Waals surface area (Å²) in [7, 11) is 0. The lowest BCUT2D eigenvalue weighted by Gasteiger charge is -2.30. The largest absolute Gasteiger partial charge is 0.380 e. The van der Waals surface area contributed by atoms with Gasteiger partial charge in [-0.2, -0.15) is 0 Å². The van der Waals surface area contributed by atoms with Crippen LogP contribution < -0.4 is 11.1 Å². The molecule has 0 radical (unpaired) electrons. The third kappa shape index (κ3) is 2.67. The van der Waals surface area contributed by atoms with E-state index in [0.717, 1.165) is 30.3 Å². The summed E-state index contributed by atoms with van der Waals surface area (Å²) >= 11 is 0. The maximum Gasteiger partial charge on any atom is 0.295 e. The van der Waals surface area contributed by atoms with E-state index in [4.69, 9.17) is 5.73 Å². The molecule has 110 valence electrons. The van der Waals surface area contributed by atoms with Crippen LogP contribution in [0.15, 0.2) is 30.5 Å². The van der Waals surface area contributed by atoms with Gasteiger partial charge in [0.05, 0.1) is 4.92 Å². The highest BCUT2D eigenvalue weighted by Gasteiger charge is 2.23. The summed E-state index contributed by atoms with van der Waals surface area (Å²) in [6.07, 6.45) is 5.95. The number of anilines is 1. The molecule has 0 saturated heterocycles. The normalized spacial score (nSPS) is 22.1. The highest BCUT2D eigenvalue weighted by atomic mass is 16.6. The fourth-order valence-corrected chi connectivity index (χ4v) is 2.97. The number of nitro groups is 1. The lowest BCUT2D eigenvalue weighted by Crippen LogP contribution is -2.42. The van der Waals surface area contributed by atoms with E-state index in [1.165, 1.54) is 12.5 Å². The lowest BCUT2D eigenvalue weighted by atomic mass is 9.90. The Hall–Kier alpha value is -2.21. The maximum absolute atomic E-state index is 11.1. The van der Waals surface area contributed by atoms with Crippen molar-refractivity contribution >= 4 is 22.3 Å². The number of pyridine rings is 1. The van der Waals surface area contributed by atoms with Crippen LogP contribution in [0.3, 0.4) is 0 Å². The number of benzene rings is 1. The predicted octanol–water partition coefficient (Wildman–Crippen LogP) is 2.82. The SMILES string of the molecule is NC1CCCCC1Nc1ccc([N+](=O)[O-])c2ncccc12. The van der Waals surface area contributed by atoms with Gasteiger partial charge in [-0.05, 0) is 31.0 Å². The van der Waals surface area contributed by atoms with E-state index in [1.54, 1.807) is 18.3 Å². The van der Waals surface area contributed by atoms with E-state index >= 15 is 0 Å². The van der Waals surface area contributed by atoms with Crippen LogP contribution in [0.25, 0.3) is 10.9 Å². The van der Waals surface area contributed by atoms with E-state index < -0.39 is 4.92 Å². The second-order valence-corrected chi connectivity index (χ2v) is 5.49. The molecular formula is C15H18N4O2. The first-order valence-corrected chi connectivity index (χ1v) is 7.21. The molecule has 6 heteroatoms. The van der Waals surface area contributed by atoms with Gasteiger partial charge in [0.25, 0.3) is 5.69 Å². The minimum absolute atomic E-state index is 0.0316. The van der Waals surface area contributed by atoms with Crippen molar-refractivity contribution in [2.24, 2.45) is 5.73 Å². The first-order chi connectivity index (χ1) is 10.2. The van der Waals surface area contributed by atoms with E-state index in [1.807, 2.05) is 6.07 Å². The Balaban J connectivity index is 1.99. The second-order valence-electron chi connectivity index (χ2n) is 5.49. The van der Waals surface area contributed by atoms with Crippen molar-refractivity contribution < 1.29 is 4.92 Å². The zero-order chi connectivity index (χ0) is 14.8. The minimum Gasteiger partial charge on any atom is -0.380 e. The molecule has 2 aromatic rings. The molecule has 0 aliphatic heterocycles. The smallest absolute Gasteiger partial charge is 0.295 e. The molecule has 0 bridgehead atoms. The molecule has 1 aliphatic rings. The van der Waals surface area contributed by atoms with Gasteiger partial charge in [0.2, 0.25) is 0 Å². The summed E-state index contributed by atoms with van der Waals surface area (Å²) in [6, 6.07) is 7.24. The lowest BCUT2D eigenvalue weighted by molar-refractivity contribution is -0.383. The molecule has 0 amide bonds. The molecule has 3 rings (SSSR count). The Kier molecular flexibility index (Phi) is 3.70. The predicted molar refractivity (Wildman–Crippen MR) is 82.3 cm³/mol. The number of fused-ring (bicyclic) bond motifs is 1. The van der Waals surface area contributed by atoms with Crippen molar-refractivity contribution in [2.75, 3.05) is 5.32 Å². The van der Waals surface area contributed by atoms with Gasteiger partial charge >= 0.3 is 0 Å². The molecule has 2 unspecified atom stereocenters. The standard InChI is InChI=1S/C15H18N4O2/c16-11-5-1-2-6-13(11)18-12-7-8-14(19(20)21)15-10(12)4-3-9-17-15/h3-4,7-9,11,13,18H,1-2,5-6,16H2. The number of rotatable bonds is 3. The molecule has 21 heavy (non-hydrogen) atoms. The number of nitrogens with one attached hydrogen (secondary N) is 1. The number of hydrogen-bond donors (Lipinski definition) is 2. The molecule has 1 aromatic heterocycles. The monoisotopic (exact) mass is 286 g/mol. The maximum atomic E-state index is 11.1. The van der Waals surface area contributed by atoms with Gasteiger partial charge in [-0.1, -0.05) is 12.8 Å². The molecule has 2 atom stereocenters. The molecule has 1 heterocycles. The number of nitro benzene ring substituents is 1. The van der Waals surface area contributed by atoms with Gasteiger partial charge < -0.3 is 11.1 Å². The van der Waals surface area contributed by atoms with Crippen molar-refractivity contribution in [3.8, 4) is 0 Å². The van der Waals surface area contributed by atoms with Gasteiger partial charge in [-0.3, -0.25) is 10.1 Å². The van der Waals surface area contributed by atoms with Crippen LogP contribution in [-0.2, 0) is 0 Å². The van der Waals surface area contributed by atoms with Crippen LogP contribution in [0.2, 0.25) is 0 Å². The molecule has 1 saturated carbocycles. The number of non-ortho nitro benzene ring substituents is 1. The fraction of sp³-hybridized carbons (Fsp3) is 0.400. The summed E-state index contributed by atoms with van der Waals surface area (Å²) in [5.74, 6) is 0. The van der Waals surface area contributed by atoms with E-state index in [9.17, 15) is 10.1 Å². The topological polar surface area (TPSA) is 94.1 Å². The average Bonchev–Trinajstić information content (AvgIpc) is 2.49. The minimum atomic E-state index is -0.397. The highest BCUT2D eigenvalue weighted by molar-refractivity contribution is 5.97.